The van der Waals surface area contributed by atoms with Crippen molar-refractivity contribution < 1.29 is 14.3 Å². The number of nitrogens with zero attached hydrogens (tertiary/aromatic N) is 1. The van der Waals surface area contributed by atoms with Crippen molar-refractivity contribution in [2.45, 2.75) is 58.6 Å². The van der Waals surface area contributed by atoms with Crippen molar-refractivity contribution in [2.75, 3.05) is 0 Å². The minimum Gasteiger partial charge on any atom is -0.452 e. The van der Waals surface area contributed by atoms with E-state index in [-0.39, 0.29) is 17.8 Å². The molecule has 0 unspecified atom stereocenters. The highest BCUT2D eigenvalue weighted by Gasteiger charge is 2.34. The van der Waals surface area contributed by atoms with Crippen LogP contribution in [0.4, 0.5) is 0 Å². The average molecular weight is 266 g/mol. The van der Waals surface area contributed by atoms with Gasteiger partial charge in [0.1, 0.15) is 5.54 Å². The normalized spacial score (nSPS) is 19.8. The van der Waals surface area contributed by atoms with E-state index in [0.717, 1.165) is 19.3 Å². The third-order valence-electron chi connectivity index (χ3n) is 3.87. The monoisotopic (exact) mass is 266 g/mol. The number of rotatable bonds is 5. The molecule has 5 heteroatoms. The number of ether oxygens (including phenoxy) is 1. The minimum atomic E-state index is -0.950. The Labute approximate surface area is 114 Å². The number of carbonyl (C=O) groups is 2. The number of hydrogen-bond acceptors (Lipinski definition) is 4. The molecule has 0 aromatic heterocycles. The molecule has 1 amide bonds. The molecule has 1 aliphatic rings. The maximum absolute atomic E-state index is 11.9. The zero-order chi connectivity index (χ0) is 14.6. The fourth-order valence-corrected chi connectivity index (χ4v) is 1.63. The van der Waals surface area contributed by atoms with Crippen molar-refractivity contribution in [3.8, 4) is 6.07 Å². The lowest BCUT2D eigenvalue weighted by Gasteiger charge is -2.29. The quantitative estimate of drug-likeness (QED) is 0.769. The predicted molar refractivity (Wildman–Crippen MR) is 69.9 cm³/mol. The summed E-state index contributed by atoms with van der Waals surface area (Å²) >= 11 is 0. The summed E-state index contributed by atoms with van der Waals surface area (Å²) in [5.74, 6) is -0.818. The van der Waals surface area contributed by atoms with Crippen LogP contribution in [-0.4, -0.2) is 23.5 Å². The first-order valence-electron chi connectivity index (χ1n) is 6.74. The molecule has 0 aliphatic heterocycles. The van der Waals surface area contributed by atoms with E-state index < -0.39 is 17.6 Å². The van der Waals surface area contributed by atoms with Gasteiger partial charge in [0.15, 0.2) is 6.10 Å². The Morgan fingerprint density at radius 1 is 1.37 bits per heavy atom. The molecule has 1 N–H and O–H groups in total. The first-order valence-corrected chi connectivity index (χ1v) is 6.74. The first kappa shape index (κ1) is 15.5. The SMILES string of the molecule is CC(C)[C@@](C)(C#N)NC(=O)[C@@H](C)OC(=O)C1CCC1. The molecule has 0 aromatic rings. The van der Waals surface area contributed by atoms with Crippen molar-refractivity contribution in [3.05, 3.63) is 0 Å². The molecule has 1 rings (SSSR count). The molecular formula is C14H22N2O3. The van der Waals surface area contributed by atoms with Gasteiger partial charge < -0.3 is 10.1 Å². The van der Waals surface area contributed by atoms with Crippen LogP contribution in [-0.2, 0) is 14.3 Å². The molecule has 1 fully saturated rings. The molecule has 0 spiro atoms. The standard InChI is InChI=1S/C14H22N2O3/c1-9(2)14(4,8-15)16-12(17)10(3)19-13(18)11-6-5-7-11/h9-11H,5-7H2,1-4H3,(H,16,17)/t10-,14-/m1/s1. The summed E-state index contributed by atoms with van der Waals surface area (Å²) in [6, 6.07) is 2.09. The third kappa shape index (κ3) is 3.69. The molecule has 0 bridgehead atoms. The zero-order valence-corrected chi connectivity index (χ0v) is 12.0. The van der Waals surface area contributed by atoms with E-state index in [1.807, 2.05) is 13.8 Å². The summed E-state index contributed by atoms with van der Waals surface area (Å²) in [4.78, 5) is 23.6. The van der Waals surface area contributed by atoms with E-state index >= 15 is 0 Å². The highest BCUT2D eigenvalue weighted by Crippen LogP contribution is 2.27. The number of esters is 1. The van der Waals surface area contributed by atoms with Gasteiger partial charge in [-0.1, -0.05) is 20.3 Å². The van der Waals surface area contributed by atoms with Crippen LogP contribution in [0.1, 0.15) is 47.0 Å². The Morgan fingerprint density at radius 2 is 1.95 bits per heavy atom. The first-order chi connectivity index (χ1) is 8.80. The van der Waals surface area contributed by atoms with Crippen LogP contribution < -0.4 is 5.32 Å². The van der Waals surface area contributed by atoms with E-state index in [1.54, 1.807) is 6.92 Å². The number of amides is 1. The van der Waals surface area contributed by atoms with E-state index in [4.69, 9.17) is 10.00 Å². The molecule has 0 heterocycles. The second-order valence-electron chi connectivity index (χ2n) is 5.67. The molecule has 0 radical (unpaired) electrons. The molecule has 5 nitrogen and oxygen atoms in total. The fraction of sp³-hybridized carbons (Fsp3) is 0.786. The predicted octanol–water partition coefficient (Wildman–Crippen LogP) is 1.77. The summed E-state index contributed by atoms with van der Waals surface area (Å²) in [5.41, 5.74) is -0.950. The Hall–Kier alpha value is -1.57. The smallest absolute Gasteiger partial charge is 0.309 e. The van der Waals surface area contributed by atoms with E-state index in [9.17, 15) is 9.59 Å². The van der Waals surface area contributed by atoms with E-state index in [1.165, 1.54) is 6.92 Å². The van der Waals surface area contributed by atoms with Gasteiger partial charge >= 0.3 is 5.97 Å². The average Bonchev–Trinajstić information content (AvgIpc) is 2.25. The van der Waals surface area contributed by atoms with Crippen LogP contribution in [0.15, 0.2) is 0 Å². The van der Waals surface area contributed by atoms with Gasteiger partial charge in [0, 0.05) is 0 Å². The summed E-state index contributed by atoms with van der Waals surface area (Å²) in [6.07, 6.45) is 1.86. The molecule has 19 heavy (non-hydrogen) atoms. The number of nitriles is 1. The summed E-state index contributed by atoms with van der Waals surface area (Å²) < 4.78 is 5.13. The van der Waals surface area contributed by atoms with Crippen LogP contribution in [0.3, 0.4) is 0 Å². The van der Waals surface area contributed by atoms with Crippen LogP contribution in [0.25, 0.3) is 0 Å². The van der Waals surface area contributed by atoms with E-state index in [0.29, 0.717) is 0 Å². The van der Waals surface area contributed by atoms with Gasteiger partial charge in [0.2, 0.25) is 0 Å². The maximum Gasteiger partial charge on any atom is 0.309 e. The molecule has 1 saturated carbocycles. The largest absolute Gasteiger partial charge is 0.452 e. The summed E-state index contributed by atoms with van der Waals surface area (Å²) in [6.45, 7) is 6.91. The maximum atomic E-state index is 11.9. The van der Waals surface area contributed by atoms with Gasteiger partial charge in [-0.25, -0.2) is 0 Å². The number of hydrogen-bond donors (Lipinski definition) is 1. The number of carbonyl (C=O) groups excluding carboxylic acids is 2. The molecular weight excluding hydrogens is 244 g/mol. The van der Waals surface area contributed by atoms with Crippen LogP contribution in [0, 0.1) is 23.2 Å². The Bertz CT molecular complexity index is 396. The lowest BCUT2D eigenvalue weighted by Crippen LogP contribution is -2.52. The summed E-state index contributed by atoms with van der Waals surface area (Å²) in [7, 11) is 0. The number of nitrogens with one attached hydrogen (secondary N) is 1. The zero-order valence-electron chi connectivity index (χ0n) is 12.0. The van der Waals surface area contributed by atoms with Gasteiger partial charge in [0.05, 0.1) is 12.0 Å². The van der Waals surface area contributed by atoms with Crippen LogP contribution in [0.2, 0.25) is 0 Å². The summed E-state index contributed by atoms with van der Waals surface area (Å²) in [5, 5.41) is 11.8. The van der Waals surface area contributed by atoms with Gasteiger partial charge in [-0.2, -0.15) is 5.26 Å². The lowest BCUT2D eigenvalue weighted by atomic mass is 9.85. The Kier molecular flexibility index (Phi) is 4.93. The van der Waals surface area contributed by atoms with Gasteiger partial charge in [-0.05, 0) is 32.6 Å². The van der Waals surface area contributed by atoms with Crippen LogP contribution in [0.5, 0.6) is 0 Å². The Morgan fingerprint density at radius 3 is 2.32 bits per heavy atom. The Balaban J connectivity index is 2.52. The highest BCUT2D eigenvalue weighted by molar-refractivity contribution is 5.84. The van der Waals surface area contributed by atoms with Crippen molar-refractivity contribution in [3.63, 3.8) is 0 Å². The lowest BCUT2D eigenvalue weighted by molar-refractivity contribution is -0.161. The molecule has 1 aliphatic carbocycles. The minimum absolute atomic E-state index is 0.0315. The molecule has 2 atom stereocenters. The van der Waals surface area contributed by atoms with Crippen molar-refractivity contribution in [2.24, 2.45) is 11.8 Å². The fourth-order valence-electron chi connectivity index (χ4n) is 1.63. The third-order valence-corrected chi connectivity index (χ3v) is 3.87. The van der Waals surface area contributed by atoms with E-state index in [2.05, 4.69) is 11.4 Å². The van der Waals surface area contributed by atoms with Crippen molar-refractivity contribution >= 4 is 11.9 Å². The van der Waals surface area contributed by atoms with Crippen molar-refractivity contribution in [1.82, 2.24) is 5.32 Å². The van der Waals surface area contributed by atoms with Gasteiger partial charge in [0.25, 0.3) is 5.91 Å². The topological polar surface area (TPSA) is 79.2 Å². The highest BCUT2D eigenvalue weighted by atomic mass is 16.5. The second-order valence-corrected chi connectivity index (χ2v) is 5.67. The second kappa shape index (κ2) is 6.05. The molecule has 106 valence electrons. The van der Waals surface area contributed by atoms with Crippen LogP contribution >= 0.6 is 0 Å². The molecule has 0 aromatic carbocycles. The van der Waals surface area contributed by atoms with Crippen molar-refractivity contribution in [1.29, 1.82) is 5.26 Å². The molecule has 0 saturated heterocycles. The van der Waals surface area contributed by atoms with Gasteiger partial charge in [-0.15, -0.1) is 0 Å². The van der Waals surface area contributed by atoms with Gasteiger partial charge in [-0.3, -0.25) is 9.59 Å².